The largest absolute Gasteiger partial charge is 0.491 e. The van der Waals surface area contributed by atoms with Gasteiger partial charge < -0.3 is 51.6 Å². The van der Waals surface area contributed by atoms with Gasteiger partial charge in [-0.15, -0.1) is 10.2 Å². The van der Waals surface area contributed by atoms with Crippen molar-refractivity contribution < 1.29 is 56.3 Å². The monoisotopic (exact) mass is 1200 g/mol. The molecule has 0 aliphatic rings. The summed E-state index contributed by atoms with van der Waals surface area (Å²) in [5, 5.41) is 18.4. The van der Waals surface area contributed by atoms with Crippen molar-refractivity contribution in [2.24, 2.45) is 0 Å². The quantitative estimate of drug-likeness (QED) is 0.0313. The average Bonchev–Trinajstić information content (AvgIpc) is 2.82. The third-order valence-electron chi connectivity index (χ3n) is 14.1. The number of methoxy groups -OCH3 is 2. The summed E-state index contributed by atoms with van der Waals surface area (Å²) < 4.78 is 61.7. The lowest BCUT2D eigenvalue weighted by Crippen LogP contribution is -2.22. The molecule has 0 atom stereocenters. The second-order valence-electron chi connectivity index (χ2n) is 20.2. The predicted octanol–water partition coefficient (Wildman–Crippen LogP) is 10.5. The molecule has 0 unspecified atom stereocenters. The molecule has 89 heavy (non-hydrogen) atoms. The van der Waals surface area contributed by atoms with Crippen molar-refractivity contribution in [3.8, 4) is 45.6 Å². The van der Waals surface area contributed by atoms with Crippen LogP contribution in [0.5, 0.6) is 23.0 Å². The summed E-state index contributed by atoms with van der Waals surface area (Å²) >= 11 is 0. The van der Waals surface area contributed by atoms with Gasteiger partial charge in [-0.25, -0.2) is 19.0 Å². The van der Waals surface area contributed by atoms with Crippen molar-refractivity contribution in [1.29, 1.82) is 0 Å². The van der Waals surface area contributed by atoms with Crippen LogP contribution in [0.3, 0.4) is 0 Å². The summed E-state index contributed by atoms with van der Waals surface area (Å²) in [6, 6.07) is 52.0. The minimum atomic E-state index is -0.471. The average molecular weight is 1200 g/mol. The van der Waals surface area contributed by atoms with Gasteiger partial charge in [0.05, 0.1) is 101 Å². The van der Waals surface area contributed by atoms with Crippen LogP contribution < -0.4 is 34.7 Å². The second kappa shape index (κ2) is 29.0. The Hall–Kier alpha value is -10.9. The van der Waals surface area contributed by atoms with Crippen LogP contribution in [0.4, 0.5) is 5.69 Å². The highest BCUT2D eigenvalue weighted by molar-refractivity contribution is 5.90. The third-order valence-corrected chi connectivity index (χ3v) is 14.1. The lowest BCUT2D eigenvalue weighted by molar-refractivity contribution is 0.0591. The number of hydrogen-bond donors (Lipinski definition) is 0. The number of fused-ring (bicyclic) bond motifs is 2. The highest BCUT2D eigenvalue weighted by Gasteiger charge is 2.21. The first-order valence-electron chi connectivity index (χ1n) is 28.6. The molecule has 0 spiro atoms. The fourth-order valence-electron chi connectivity index (χ4n) is 9.69. The summed E-state index contributed by atoms with van der Waals surface area (Å²) in [5.41, 5.74) is 6.05. The minimum Gasteiger partial charge on any atom is -0.491 e. The Kier molecular flexibility index (Phi) is 19.5. The Balaban J connectivity index is 0.613. The number of ether oxygens (including phenoxy) is 8. The Labute approximate surface area is 510 Å². The Morgan fingerprint density at radius 2 is 0.910 bits per heavy atom. The number of nitrogens with zero attached hydrogens (tertiary/aromatic N) is 7. The molecule has 0 saturated heterocycles. The van der Waals surface area contributed by atoms with Crippen molar-refractivity contribution in [3.63, 3.8) is 0 Å². The first kappa shape index (κ1) is 59.8. The molecule has 0 saturated carbocycles. The zero-order chi connectivity index (χ0) is 61.3. The van der Waals surface area contributed by atoms with Crippen LogP contribution in [0.25, 0.3) is 44.6 Å². The molecule has 21 heteroatoms. The number of rotatable bonds is 29. The fourth-order valence-corrected chi connectivity index (χ4v) is 9.69. The van der Waals surface area contributed by atoms with E-state index in [9.17, 15) is 19.2 Å². The molecule has 11 rings (SSSR count). The smallest absolute Gasteiger partial charge is 0.337 e. The van der Waals surface area contributed by atoms with E-state index in [2.05, 4.69) is 25.5 Å². The molecule has 4 heterocycles. The highest BCUT2D eigenvalue weighted by atomic mass is 16.5. The van der Waals surface area contributed by atoms with Crippen molar-refractivity contribution >= 4 is 39.6 Å². The van der Waals surface area contributed by atoms with Crippen LogP contribution in [0.15, 0.2) is 207 Å². The second-order valence-corrected chi connectivity index (χ2v) is 20.2. The molecule has 0 aliphatic carbocycles. The third kappa shape index (κ3) is 15.2. The molecule has 0 N–H and O–H groups in total. The normalized spacial score (nSPS) is 11.2. The number of carbonyl (C=O) groups excluding carboxylic acids is 2. The standard InChI is InChI=1S/C68H61N7O14/c1-80-67(78)50-14-10-12-46(38-50)44-86-65-61(76)57-18-6-8-20-59(57)88-63(65)48-22-26-55(27-23-48)84-36-34-82-32-30-74-42-52(69-71-74)40-73(54-16-4-3-5-17-54)41-53-43-75(72-70-53)31-33-83-35-37-85-56-28-24-49(25-29-56)64-66(62(77)58-19-7-9-21-60(58)89-64)87-45-47-13-11-15-51(39-47)68(79)81-2/h3-29,38-39,42-43H,30-37,40-41,44-45H2,1-2H3. The number of anilines is 1. The van der Waals surface area contributed by atoms with E-state index in [0.717, 1.165) is 17.1 Å². The Morgan fingerprint density at radius 1 is 0.472 bits per heavy atom. The fraction of sp³-hybridized carbons (Fsp3) is 0.206. The SMILES string of the molecule is COC(=O)c1cccc(COc2c(-c3ccc(OCCOCCn4cc(CN(Cc5cn(CCOCCOc6ccc(-c7oc8ccccc8c(=O)c7OCc7cccc(C(=O)OC)c7)cc6)nn5)c5ccccc5)nn4)cc3)oc3ccccc3c2=O)c1. The summed E-state index contributed by atoms with van der Waals surface area (Å²) in [4.78, 5) is 53.9. The summed E-state index contributed by atoms with van der Waals surface area (Å²) in [5.74, 6) is 0.894. The van der Waals surface area contributed by atoms with E-state index in [0.29, 0.717) is 133 Å². The zero-order valence-electron chi connectivity index (χ0n) is 48.7. The molecule has 0 fully saturated rings. The van der Waals surface area contributed by atoms with Crippen molar-refractivity contribution in [1.82, 2.24) is 30.0 Å². The minimum absolute atomic E-state index is 0.0173. The van der Waals surface area contributed by atoms with E-state index >= 15 is 0 Å². The van der Waals surface area contributed by atoms with Gasteiger partial charge in [0.2, 0.25) is 22.4 Å². The van der Waals surface area contributed by atoms with Gasteiger partial charge in [0.1, 0.15) is 60.5 Å². The number of esters is 2. The molecular formula is C68H61N7O14. The van der Waals surface area contributed by atoms with E-state index in [1.807, 2.05) is 42.7 Å². The van der Waals surface area contributed by atoms with Gasteiger partial charge in [-0.05, 0) is 120 Å². The number of aromatic nitrogens is 6. The van der Waals surface area contributed by atoms with Crippen molar-refractivity contribution in [3.05, 3.63) is 242 Å². The Bertz CT molecular complexity index is 4060. The maximum absolute atomic E-state index is 13.7. The number of benzene rings is 7. The van der Waals surface area contributed by atoms with Crippen LogP contribution in [-0.2, 0) is 58.3 Å². The summed E-state index contributed by atoms with van der Waals surface area (Å²) in [6.45, 7) is 3.94. The molecule has 0 radical (unpaired) electrons. The summed E-state index contributed by atoms with van der Waals surface area (Å²) in [7, 11) is 2.64. The predicted molar refractivity (Wildman–Crippen MR) is 329 cm³/mol. The van der Waals surface area contributed by atoms with Crippen LogP contribution in [0.1, 0.15) is 43.2 Å². The van der Waals surface area contributed by atoms with Gasteiger partial charge in [-0.1, -0.05) is 77.2 Å². The van der Waals surface area contributed by atoms with E-state index in [1.165, 1.54) is 14.2 Å². The van der Waals surface area contributed by atoms with Crippen LogP contribution >= 0.6 is 0 Å². The molecule has 452 valence electrons. The number of carbonyl (C=O) groups is 2. The van der Waals surface area contributed by atoms with Crippen molar-refractivity contribution in [2.75, 3.05) is 58.8 Å². The van der Waals surface area contributed by atoms with E-state index in [4.69, 9.17) is 46.7 Å². The molecule has 4 aromatic heterocycles. The van der Waals surface area contributed by atoms with Gasteiger partial charge >= 0.3 is 11.9 Å². The molecule has 11 aromatic rings. The van der Waals surface area contributed by atoms with E-state index < -0.39 is 11.9 Å². The lowest BCUT2D eigenvalue weighted by Gasteiger charge is -2.22. The molecular weight excluding hydrogens is 1140 g/mol. The molecule has 0 bridgehead atoms. The number of hydrogen-bond acceptors (Lipinski definition) is 19. The first-order valence-corrected chi connectivity index (χ1v) is 28.6. The molecule has 0 amide bonds. The number of para-hydroxylation sites is 3. The van der Waals surface area contributed by atoms with Crippen molar-refractivity contribution in [2.45, 2.75) is 39.4 Å². The molecule has 21 nitrogen and oxygen atoms in total. The Morgan fingerprint density at radius 3 is 1.36 bits per heavy atom. The van der Waals surface area contributed by atoms with E-state index in [1.54, 1.807) is 155 Å². The topological polar surface area (TPSA) is 233 Å². The maximum Gasteiger partial charge on any atom is 0.337 e. The molecule has 7 aromatic carbocycles. The summed E-state index contributed by atoms with van der Waals surface area (Å²) in [6.07, 6.45) is 3.80. The maximum atomic E-state index is 13.7. The lowest BCUT2D eigenvalue weighted by atomic mass is 10.1. The van der Waals surface area contributed by atoms with Gasteiger partial charge in [-0.2, -0.15) is 0 Å². The van der Waals surface area contributed by atoms with Gasteiger partial charge in [0, 0.05) is 16.8 Å². The van der Waals surface area contributed by atoms with Gasteiger partial charge in [0.25, 0.3) is 0 Å². The van der Waals surface area contributed by atoms with Crippen LogP contribution in [-0.4, -0.2) is 95.8 Å². The van der Waals surface area contributed by atoms with Gasteiger partial charge in [-0.3, -0.25) is 9.59 Å². The van der Waals surface area contributed by atoms with E-state index in [-0.39, 0.29) is 47.1 Å². The molecule has 0 aliphatic heterocycles. The highest BCUT2D eigenvalue weighted by Crippen LogP contribution is 2.35. The first-order chi connectivity index (χ1) is 43.7. The van der Waals surface area contributed by atoms with Crippen LogP contribution in [0, 0.1) is 0 Å². The van der Waals surface area contributed by atoms with Gasteiger partial charge in [0.15, 0.2) is 11.5 Å². The van der Waals surface area contributed by atoms with Crippen LogP contribution in [0.2, 0.25) is 0 Å². The zero-order valence-corrected chi connectivity index (χ0v) is 48.7.